The molecule has 1 heterocycles. The molecule has 1 atom stereocenters. The number of anilines is 1. The summed E-state index contributed by atoms with van der Waals surface area (Å²) in [7, 11) is 2.98. The van der Waals surface area contributed by atoms with Crippen molar-refractivity contribution in [3.8, 4) is 5.75 Å². The first-order valence-electron chi connectivity index (χ1n) is 7.87. The number of hydrogen-bond donors (Lipinski definition) is 1. The summed E-state index contributed by atoms with van der Waals surface area (Å²) in [6.45, 7) is 1.41. The highest BCUT2D eigenvalue weighted by Crippen LogP contribution is 2.19. The Morgan fingerprint density at radius 3 is 2.61 bits per heavy atom. The molecule has 0 radical (unpaired) electrons. The second kappa shape index (κ2) is 8.41. The number of piperidine rings is 1. The van der Waals surface area contributed by atoms with Gasteiger partial charge < -0.3 is 19.7 Å². The molecule has 1 aromatic carbocycles. The third-order valence-corrected chi connectivity index (χ3v) is 4.01. The monoisotopic (exact) mass is 320 g/mol. The summed E-state index contributed by atoms with van der Waals surface area (Å²) in [5.41, 5.74) is 1.01. The van der Waals surface area contributed by atoms with Gasteiger partial charge in [0, 0.05) is 31.2 Å². The molecule has 1 amide bonds. The van der Waals surface area contributed by atoms with Gasteiger partial charge in [0.2, 0.25) is 5.91 Å². The van der Waals surface area contributed by atoms with Gasteiger partial charge in [0.15, 0.2) is 0 Å². The van der Waals surface area contributed by atoms with Crippen LogP contribution in [0.2, 0.25) is 0 Å². The van der Waals surface area contributed by atoms with E-state index in [0.29, 0.717) is 6.54 Å². The summed E-state index contributed by atoms with van der Waals surface area (Å²) in [6.07, 6.45) is 2.33. The van der Waals surface area contributed by atoms with Crippen molar-refractivity contribution < 1.29 is 19.1 Å². The van der Waals surface area contributed by atoms with Crippen molar-refractivity contribution in [1.82, 2.24) is 4.90 Å². The van der Waals surface area contributed by atoms with Crippen LogP contribution >= 0.6 is 0 Å². The quantitative estimate of drug-likeness (QED) is 0.813. The predicted octanol–water partition coefficient (Wildman–Crippen LogP) is 2.05. The molecule has 1 N–H and O–H groups in total. The van der Waals surface area contributed by atoms with Crippen LogP contribution in [0.15, 0.2) is 24.3 Å². The van der Waals surface area contributed by atoms with Gasteiger partial charge in [-0.3, -0.25) is 9.59 Å². The number of hydrogen-bond acceptors (Lipinski definition) is 5. The van der Waals surface area contributed by atoms with Gasteiger partial charge in [0.1, 0.15) is 5.75 Å². The zero-order chi connectivity index (χ0) is 16.7. The predicted molar refractivity (Wildman–Crippen MR) is 87.5 cm³/mol. The first-order valence-corrected chi connectivity index (χ1v) is 7.87. The van der Waals surface area contributed by atoms with Crippen LogP contribution in [0.5, 0.6) is 5.75 Å². The molecule has 126 valence electrons. The van der Waals surface area contributed by atoms with Crippen molar-refractivity contribution in [3.63, 3.8) is 0 Å². The van der Waals surface area contributed by atoms with Gasteiger partial charge in [0.05, 0.1) is 20.6 Å². The summed E-state index contributed by atoms with van der Waals surface area (Å²) in [6, 6.07) is 7.97. The minimum Gasteiger partial charge on any atom is -0.497 e. The molecule has 0 bridgehead atoms. The zero-order valence-corrected chi connectivity index (χ0v) is 13.7. The van der Waals surface area contributed by atoms with E-state index in [2.05, 4.69) is 10.1 Å². The van der Waals surface area contributed by atoms with E-state index in [1.165, 1.54) is 7.11 Å². The Bertz CT molecular complexity index is 530. The number of likely N-dealkylation sites (tertiary alicyclic amines) is 1. The number of nitrogens with one attached hydrogen (secondary N) is 1. The number of methoxy groups -OCH3 is 2. The normalized spacial score (nSPS) is 17.5. The van der Waals surface area contributed by atoms with Crippen LogP contribution in [0.1, 0.15) is 25.7 Å². The molecule has 0 spiro atoms. The summed E-state index contributed by atoms with van der Waals surface area (Å²) in [5.74, 6) is 0.485. The maximum atomic E-state index is 12.2. The Morgan fingerprint density at radius 1 is 1.22 bits per heavy atom. The Kier molecular flexibility index (Phi) is 6.26. The SMILES string of the molecule is COC(=O)CCC(=O)N1CCC[C@H](Nc2ccc(OC)cc2)C1. The molecular formula is C17H24N2O4. The molecule has 1 aromatic rings. The van der Waals surface area contributed by atoms with Gasteiger partial charge >= 0.3 is 5.97 Å². The Morgan fingerprint density at radius 2 is 1.96 bits per heavy atom. The maximum Gasteiger partial charge on any atom is 0.306 e. The third-order valence-electron chi connectivity index (χ3n) is 4.01. The van der Waals surface area contributed by atoms with E-state index in [-0.39, 0.29) is 30.8 Å². The van der Waals surface area contributed by atoms with E-state index >= 15 is 0 Å². The molecule has 6 heteroatoms. The molecule has 2 rings (SSSR count). The average molecular weight is 320 g/mol. The van der Waals surface area contributed by atoms with Crippen LogP contribution in [0.3, 0.4) is 0 Å². The summed E-state index contributed by atoms with van der Waals surface area (Å²) in [5, 5.41) is 3.45. The average Bonchev–Trinajstić information content (AvgIpc) is 2.60. The highest BCUT2D eigenvalue weighted by atomic mass is 16.5. The van der Waals surface area contributed by atoms with Gasteiger partial charge in [0.25, 0.3) is 0 Å². The van der Waals surface area contributed by atoms with Gasteiger partial charge in [-0.15, -0.1) is 0 Å². The Balaban J connectivity index is 1.84. The number of rotatable bonds is 6. The van der Waals surface area contributed by atoms with Crippen LogP contribution < -0.4 is 10.1 Å². The molecule has 0 aromatic heterocycles. The van der Waals surface area contributed by atoms with Crippen LogP contribution in [0.4, 0.5) is 5.69 Å². The number of nitrogens with zero attached hydrogens (tertiary/aromatic N) is 1. The molecule has 1 fully saturated rings. The Labute approximate surface area is 136 Å². The first-order chi connectivity index (χ1) is 11.1. The van der Waals surface area contributed by atoms with Gasteiger partial charge in [-0.05, 0) is 37.1 Å². The lowest BCUT2D eigenvalue weighted by Crippen LogP contribution is -2.45. The fourth-order valence-electron chi connectivity index (χ4n) is 2.71. The fourth-order valence-corrected chi connectivity index (χ4v) is 2.71. The highest BCUT2D eigenvalue weighted by Gasteiger charge is 2.23. The molecule has 1 aliphatic heterocycles. The van der Waals surface area contributed by atoms with E-state index in [9.17, 15) is 9.59 Å². The second-order valence-electron chi connectivity index (χ2n) is 5.63. The summed E-state index contributed by atoms with van der Waals surface area (Å²) in [4.78, 5) is 25.1. The van der Waals surface area contributed by atoms with E-state index in [1.54, 1.807) is 7.11 Å². The van der Waals surface area contributed by atoms with Crippen molar-refractivity contribution in [2.45, 2.75) is 31.7 Å². The molecule has 6 nitrogen and oxygen atoms in total. The van der Waals surface area contributed by atoms with E-state index in [4.69, 9.17) is 4.74 Å². The van der Waals surface area contributed by atoms with Gasteiger partial charge in [-0.2, -0.15) is 0 Å². The second-order valence-corrected chi connectivity index (χ2v) is 5.63. The minimum atomic E-state index is -0.344. The molecular weight excluding hydrogens is 296 g/mol. The number of carbonyl (C=O) groups is 2. The van der Waals surface area contributed by atoms with Crippen LogP contribution in [-0.4, -0.2) is 50.1 Å². The van der Waals surface area contributed by atoms with Crippen molar-refractivity contribution in [2.24, 2.45) is 0 Å². The van der Waals surface area contributed by atoms with Crippen LogP contribution in [-0.2, 0) is 14.3 Å². The van der Waals surface area contributed by atoms with Crippen molar-refractivity contribution >= 4 is 17.6 Å². The largest absolute Gasteiger partial charge is 0.497 e. The van der Waals surface area contributed by atoms with Crippen LogP contribution in [0.25, 0.3) is 0 Å². The van der Waals surface area contributed by atoms with E-state index < -0.39 is 0 Å². The summed E-state index contributed by atoms with van der Waals surface area (Å²) >= 11 is 0. The highest BCUT2D eigenvalue weighted by molar-refractivity contribution is 5.81. The topological polar surface area (TPSA) is 67.9 Å². The molecule has 1 aliphatic rings. The van der Waals surface area contributed by atoms with E-state index in [0.717, 1.165) is 30.8 Å². The zero-order valence-electron chi connectivity index (χ0n) is 13.7. The minimum absolute atomic E-state index is 0.0108. The smallest absolute Gasteiger partial charge is 0.306 e. The molecule has 23 heavy (non-hydrogen) atoms. The van der Waals surface area contributed by atoms with Crippen molar-refractivity contribution in [1.29, 1.82) is 0 Å². The fraction of sp³-hybridized carbons (Fsp3) is 0.529. The number of ether oxygens (including phenoxy) is 2. The first kappa shape index (κ1) is 17.1. The number of amides is 1. The molecule has 1 saturated heterocycles. The molecule has 0 unspecified atom stereocenters. The lowest BCUT2D eigenvalue weighted by molar-refractivity contribution is -0.143. The standard InChI is InChI=1S/C17H24N2O4/c1-22-15-7-5-13(6-8-15)18-14-4-3-11-19(12-14)16(20)9-10-17(21)23-2/h5-8,14,18H,3-4,9-12H2,1-2H3/t14-/m0/s1. The van der Waals surface area contributed by atoms with E-state index in [1.807, 2.05) is 29.2 Å². The summed E-state index contributed by atoms with van der Waals surface area (Å²) < 4.78 is 9.72. The Hall–Kier alpha value is -2.24. The van der Waals surface area contributed by atoms with Gasteiger partial charge in [-0.1, -0.05) is 0 Å². The lowest BCUT2D eigenvalue weighted by Gasteiger charge is -2.33. The number of benzene rings is 1. The van der Waals surface area contributed by atoms with Crippen molar-refractivity contribution in [2.75, 3.05) is 32.6 Å². The number of esters is 1. The van der Waals surface area contributed by atoms with Crippen LogP contribution in [0, 0.1) is 0 Å². The molecule has 0 saturated carbocycles. The van der Waals surface area contributed by atoms with Crippen molar-refractivity contribution in [3.05, 3.63) is 24.3 Å². The molecule has 0 aliphatic carbocycles. The van der Waals surface area contributed by atoms with Gasteiger partial charge in [-0.25, -0.2) is 0 Å². The maximum absolute atomic E-state index is 12.2. The third kappa shape index (κ3) is 5.16. The number of carbonyl (C=O) groups excluding carboxylic acids is 2. The lowest BCUT2D eigenvalue weighted by atomic mass is 10.0.